The maximum absolute atomic E-state index is 10.6. The summed E-state index contributed by atoms with van der Waals surface area (Å²) in [5.41, 5.74) is 6.17. The normalized spacial score (nSPS) is 9.64. The van der Waals surface area contributed by atoms with E-state index in [1.165, 1.54) is 12.3 Å². The van der Waals surface area contributed by atoms with Crippen LogP contribution in [0.4, 0.5) is 0 Å². The number of nitrogens with zero attached hydrogens (tertiary/aromatic N) is 2. The molecular weight excluding hydrogens is 282 g/mol. The number of fused-ring (bicyclic) bond motifs is 1. The summed E-state index contributed by atoms with van der Waals surface area (Å²) in [6.45, 7) is 0. The summed E-state index contributed by atoms with van der Waals surface area (Å²) in [5.74, 6) is -1.44. The van der Waals surface area contributed by atoms with Crippen LogP contribution in [0.5, 0.6) is 0 Å². The lowest BCUT2D eigenvalue weighted by atomic mass is 10.2. The zero-order valence-corrected chi connectivity index (χ0v) is 11.5. The maximum Gasteiger partial charge on any atom is 0.354 e. The first-order chi connectivity index (χ1) is 10.6. The number of hydrogen-bond donors (Lipinski definition) is 2. The molecule has 0 aliphatic carbocycles. The number of primary amides is 1. The van der Waals surface area contributed by atoms with Gasteiger partial charge in [-0.15, -0.1) is 0 Å². The molecule has 0 aliphatic heterocycles. The highest BCUT2D eigenvalue weighted by Gasteiger charge is 2.03. The molecule has 110 valence electrons. The highest BCUT2D eigenvalue weighted by molar-refractivity contribution is 5.92. The molecule has 0 aliphatic rings. The number of carboxylic acids is 1. The van der Waals surface area contributed by atoms with Crippen LogP contribution in [0.1, 0.15) is 20.8 Å². The van der Waals surface area contributed by atoms with Crippen molar-refractivity contribution in [2.24, 2.45) is 5.73 Å². The van der Waals surface area contributed by atoms with Gasteiger partial charge in [-0.05, 0) is 24.3 Å². The average molecular weight is 295 g/mol. The highest BCUT2D eigenvalue weighted by Crippen LogP contribution is 2.11. The highest BCUT2D eigenvalue weighted by atomic mass is 16.4. The standard InChI is InChI=1S/C10H7NO2.C6H6N2O/c12-10(13)9-6-5-7-3-1-2-4-8(7)11-9;7-6(9)5-2-1-3-8-4-5/h1-6H,(H,12,13);1-4H,(H2,7,9). The molecule has 6 heteroatoms. The number of aromatic nitrogens is 2. The van der Waals surface area contributed by atoms with Crippen molar-refractivity contribution in [1.29, 1.82) is 0 Å². The van der Waals surface area contributed by atoms with Crippen LogP contribution in [0.15, 0.2) is 60.9 Å². The molecule has 0 fully saturated rings. The van der Waals surface area contributed by atoms with Crippen molar-refractivity contribution in [2.75, 3.05) is 0 Å². The monoisotopic (exact) mass is 295 g/mol. The number of nitrogens with two attached hydrogens (primary N) is 1. The summed E-state index contributed by atoms with van der Waals surface area (Å²) in [6, 6.07) is 14.0. The van der Waals surface area contributed by atoms with Crippen LogP contribution in [-0.4, -0.2) is 27.0 Å². The lowest BCUT2D eigenvalue weighted by molar-refractivity contribution is 0.0690. The number of rotatable bonds is 2. The first-order valence-corrected chi connectivity index (χ1v) is 6.37. The predicted octanol–water partition coefficient (Wildman–Crippen LogP) is 2.11. The minimum Gasteiger partial charge on any atom is -0.477 e. The number of carbonyl (C=O) groups excluding carboxylic acids is 1. The molecular formula is C16H13N3O3. The lowest BCUT2D eigenvalue weighted by Crippen LogP contribution is -2.10. The number of hydrogen-bond acceptors (Lipinski definition) is 4. The number of aromatic carboxylic acids is 1. The fourth-order valence-corrected chi connectivity index (χ4v) is 1.69. The molecule has 0 saturated heterocycles. The second kappa shape index (κ2) is 6.94. The molecule has 0 saturated carbocycles. The Labute approximate surface area is 126 Å². The van der Waals surface area contributed by atoms with E-state index in [2.05, 4.69) is 9.97 Å². The Morgan fingerprint density at radius 3 is 2.36 bits per heavy atom. The van der Waals surface area contributed by atoms with E-state index in [0.29, 0.717) is 11.1 Å². The first kappa shape index (κ1) is 15.1. The molecule has 22 heavy (non-hydrogen) atoms. The molecule has 1 amide bonds. The van der Waals surface area contributed by atoms with E-state index in [1.807, 2.05) is 18.2 Å². The molecule has 2 aromatic heterocycles. The van der Waals surface area contributed by atoms with Crippen LogP contribution in [0.25, 0.3) is 10.9 Å². The maximum atomic E-state index is 10.6. The largest absolute Gasteiger partial charge is 0.477 e. The molecule has 0 unspecified atom stereocenters. The second-order valence-electron chi connectivity index (χ2n) is 4.30. The van der Waals surface area contributed by atoms with Crippen LogP contribution in [0.2, 0.25) is 0 Å². The minimum absolute atomic E-state index is 0.0821. The Morgan fingerprint density at radius 2 is 1.77 bits per heavy atom. The number of pyridine rings is 2. The summed E-state index contributed by atoms with van der Waals surface area (Å²) < 4.78 is 0. The molecule has 3 N–H and O–H groups in total. The molecule has 0 radical (unpaired) electrons. The average Bonchev–Trinajstić information content (AvgIpc) is 2.55. The molecule has 0 atom stereocenters. The Morgan fingerprint density at radius 1 is 1.00 bits per heavy atom. The molecule has 0 bridgehead atoms. The zero-order chi connectivity index (χ0) is 15.9. The van der Waals surface area contributed by atoms with Crippen LogP contribution >= 0.6 is 0 Å². The van der Waals surface area contributed by atoms with Crippen LogP contribution in [0.3, 0.4) is 0 Å². The van der Waals surface area contributed by atoms with Gasteiger partial charge in [0.25, 0.3) is 0 Å². The van der Waals surface area contributed by atoms with Gasteiger partial charge in [0.2, 0.25) is 5.91 Å². The van der Waals surface area contributed by atoms with Crippen molar-refractivity contribution in [1.82, 2.24) is 9.97 Å². The summed E-state index contributed by atoms with van der Waals surface area (Å²) >= 11 is 0. The second-order valence-corrected chi connectivity index (χ2v) is 4.30. The van der Waals surface area contributed by atoms with Gasteiger partial charge in [0.1, 0.15) is 5.69 Å². The Bertz CT molecular complexity index is 804. The number of benzene rings is 1. The fourth-order valence-electron chi connectivity index (χ4n) is 1.69. The third-order valence-corrected chi connectivity index (χ3v) is 2.76. The van der Waals surface area contributed by atoms with Crippen molar-refractivity contribution in [3.63, 3.8) is 0 Å². The van der Waals surface area contributed by atoms with E-state index in [9.17, 15) is 9.59 Å². The Kier molecular flexibility index (Phi) is 4.77. The fraction of sp³-hybridized carbons (Fsp3) is 0. The van der Waals surface area contributed by atoms with Crippen LogP contribution in [0, 0.1) is 0 Å². The van der Waals surface area contributed by atoms with Gasteiger partial charge in [0, 0.05) is 17.8 Å². The summed E-state index contributed by atoms with van der Waals surface area (Å²) in [4.78, 5) is 28.6. The molecule has 6 nitrogen and oxygen atoms in total. The first-order valence-electron chi connectivity index (χ1n) is 6.37. The van der Waals surface area contributed by atoms with Crippen molar-refractivity contribution < 1.29 is 14.7 Å². The number of carbonyl (C=O) groups is 2. The Hall–Kier alpha value is -3.28. The van der Waals surface area contributed by atoms with Crippen molar-refractivity contribution in [3.8, 4) is 0 Å². The smallest absolute Gasteiger partial charge is 0.354 e. The minimum atomic E-state index is -0.995. The van der Waals surface area contributed by atoms with E-state index < -0.39 is 11.9 Å². The van der Waals surface area contributed by atoms with Gasteiger partial charge in [-0.2, -0.15) is 0 Å². The quantitative estimate of drug-likeness (QED) is 0.753. The van der Waals surface area contributed by atoms with Crippen molar-refractivity contribution >= 4 is 22.8 Å². The van der Waals surface area contributed by atoms with Crippen molar-refractivity contribution in [3.05, 3.63) is 72.2 Å². The zero-order valence-electron chi connectivity index (χ0n) is 11.5. The van der Waals surface area contributed by atoms with Gasteiger partial charge in [-0.25, -0.2) is 9.78 Å². The van der Waals surface area contributed by atoms with Gasteiger partial charge in [0.05, 0.1) is 11.1 Å². The lowest BCUT2D eigenvalue weighted by Gasteiger charge is -1.97. The summed E-state index contributed by atoms with van der Waals surface area (Å²) in [6.07, 6.45) is 3.02. The summed E-state index contributed by atoms with van der Waals surface area (Å²) in [7, 11) is 0. The van der Waals surface area contributed by atoms with Gasteiger partial charge in [-0.3, -0.25) is 9.78 Å². The number of amides is 1. The van der Waals surface area contributed by atoms with Gasteiger partial charge in [0.15, 0.2) is 0 Å². The van der Waals surface area contributed by atoms with Crippen LogP contribution < -0.4 is 5.73 Å². The SMILES string of the molecule is NC(=O)c1cccnc1.O=C(O)c1ccc2ccccc2n1. The van der Waals surface area contributed by atoms with Gasteiger partial charge in [-0.1, -0.05) is 24.3 Å². The predicted molar refractivity (Wildman–Crippen MR) is 81.5 cm³/mol. The van der Waals surface area contributed by atoms with E-state index in [1.54, 1.807) is 30.5 Å². The number of carboxylic acid groups (broad SMARTS) is 1. The van der Waals surface area contributed by atoms with E-state index in [0.717, 1.165) is 5.39 Å². The molecule has 3 aromatic rings. The van der Waals surface area contributed by atoms with Crippen molar-refractivity contribution in [2.45, 2.75) is 0 Å². The Balaban J connectivity index is 0.000000172. The van der Waals surface area contributed by atoms with E-state index in [-0.39, 0.29) is 5.69 Å². The number of para-hydroxylation sites is 1. The van der Waals surface area contributed by atoms with Gasteiger partial charge < -0.3 is 10.8 Å². The topological polar surface area (TPSA) is 106 Å². The van der Waals surface area contributed by atoms with E-state index in [4.69, 9.17) is 10.8 Å². The molecule has 2 heterocycles. The molecule has 0 spiro atoms. The molecule has 3 rings (SSSR count). The molecule has 1 aromatic carbocycles. The van der Waals surface area contributed by atoms with Gasteiger partial charge >= 0.3 is 5.97 Å². The van der Waals surface area contributed by atoms with E-state index >= 15 is 0 Å². The summed E-state index contributed by atoms with van der Waals surface area (Å²) in [5, 5.41) is 9.63. The third kappa shape index (κ3) is 3.86. The third-order valence-electron chi connectivity index (χ3n) is 2.76. The van der Waals surface area contributed by atoms with Crippen LogP contribution in [-0.2, 0) is 0 Å².